The Bertz CT molecular complexity index is 116. The smallest absolute Gasteiger partial charge is 0.0735 e. The maximum atomic E-state index is 5.31. The molecule has 0 atom stereocenters. The van der Waals surface area contributed by atoms with Crippen LogP contribution in [0.25, 0.3) is 0 Å². The van der Waals surface area contributed by atoms with Gasteiger partial charge >= 0.3 is 0 Å². The Morgan fingerprint density at radius 2 is 2.30 bits per heavy atom. The molecular weight excluding hydrogens is 162 g/mol. The molecule has 0 aliphatic heterocycles. The van der Waals surface area contributed by atoms with Crippen LogP contribution in [-0.2, 0) is 0 Å². The van der Waals surface area contributed by atoms with Gasteiger partial charge in [0, 0.05) is 12.2 Å². The van der Waals surface area contributed by atoms with E-state index in [0.717, 1.165) is 17.9 Å². The SMILES string of the molecule is C=C(C)CSCCC(N)=S. The Morgan fingerprint density at radius 1 is 1.70 bits per heavy atom. The molecule has 0 rings (SSSR count). The number of rotatable bonds is 5. The molecular formula is C7H13NS2. The molecule has 0 spiro atoms. The van der Waals surface area contributed by atoms with E-state index in [9.17, 15) is 0 Å². The number of hydrogen-bond donors (Lipinski definition) is 1. The summed E-state index contributed by atoms with van der Waals surface area (Å²) in [4.78, 5) is 0.606. The second-order valence-corrected chi connectivity index (χ2v) is 3.86. The molecule has 0 aliphatic carbocycles. The van der Waals surface area contributed by atoms with Crippen molar-refractivity contribution in [3.8, 4) is 0 Å². The molecule has 0 saturated carbocycles. The fourth-order valence-corrected chi connectivity index (χ4v) is 1.51. The topological polar surface area (TPSA) is 26.0 Å². The molecule has 0 saturated heterocycles. The molecule has 1 nitrogen and oxygen atoms in total. The van der Waals surface area contributed by atoms with Crippen molar-refractivity contribution in [3.63, 3.8) is 0 Å². The molecule has 0 amide bonds. The van der Waals surface area contributed by atoms with E-state index in [4.69, 9.17) is 18.0 Å². The molecule has 0 aromatic rings. The van der Waals surface area contributed by atoms with Gasteiger partial charge in [-0.3, -0.25) is 0 Å². The molecule has 0 aromatic heterocycles. The lowest BCUT2D eigenvalue weighted by atomic mass is 10.4. The maximum Gasteiger partial charge on any atom is 0.0735 e. The third-order valence-electron chi connectivity index (χ3n) is 0.841. The van der Waals surface area contributed by atoms with Crippen molar-refractivity contribution in [1.29, 1.82) is 0 Å². The lowest BCUT2D eigenvalue weighted by Crippen LogP contribution is -2.08. The Labute approximate surface area is 72.1 Å². The normalized spacial score (nSPS) is 9.30. The molecule has 0 fully saturated rings. The van der Waals surface area contributed by atoms with Gasteiger partial charge in [0.25, 0.3) is 0 Å². The van der Waals surface area contributed by atoms with Crippen molar-refractivity contribution in [2.75, 3.05) is 11.5 Å². The van der Waals surface area contributed by atoms with Gasteiger partial charge in [-0.15, -0.1) is 0 Å². The van der Waals surface area contributed by atoms with Crippen LogP contribution in [0.4, 0.5) is 0 Å². The van der Waals surface area contributed by atoms with Crippen molar-refractivity contribution in [2.45, 2.75) is 13.3 Å². The van der Waals surface area contributed by atoms with Crippen molar-refractivity contribution in [3.05, 3.63) is 12.2 Å². The van der Waals surface area contributed by atoms with Crippen LogP contribution in [0.15, 0.2) is 12.2 Å². The van der Waals surface area contributed by atoms with Crippen molar-refractivity contribution in [2.24, 2.45) is 5.73 Å². The zero-order chi connectivity index (χ0) is 7.98. The minimum Gasteiger partial charge on any atom is -0.393 e. The molecule has 10 heavy (non-hydrogen) atoms. The molecule has 0 aromatic carbocycles. The summed E-state index contributed by atoms with van der Waals surface area (Å²) in [5, 5.41) is 0. The first-order valence-corrected chi connectivity index (χ1v) is 4.69. The van der Waals surface area contributed by atoms with Gasteiger partial charge in [0.05, 0.1) is 4.99 Å². The standard InChI is InChI=1S/C7H13NS2/c1-6(2)5-10-4-3-7(8)9/h1,3-5H2,2H3,(H2,8,9). The monoisotopic (exact) mass is 175 g/mol. The van der Waals surface area contributed by atoms with E-state index in [1.165, 1.54) is 5.57 Å². The maximum absolute atomic E-state index is 5.31. The van der Waals surface area contributed by atoms with Crippen LogP contribution in [0.5, 0.6) is 0 Å². The lowest BCUT2D eigenvalue weighted by molar-refractivity contribution is 1.30. The first-order chi connectivity index (χ1) is 4.63. The van der Waals surface area contributed by atoms with Crippen LogP contribution in [0, 0.1) is 0 Å². The first-order valence-electron chi connectivity index (χ1n) is 3.13. The Balaban J connectivity index is 3.06. The number of hydrogen-bond acceptors (Lipinski definition) is 2. The molecule has 0 aliphatic rings. The van der Waals surface area contributed by atoms with Crippen LogP contribution in [0.1, 0.15) is 13.3 Å². The van der Waals surface area contributed by atoms with Gasteiger partial charge in [0.2, 0.25) is 0 Å². The summed E-state index contributed by atoms with van der Waals surface area (Å²) >= 11 is 6.54. The molecule has 0 heterocycles. The molecule has 2 N–H and O–H groups in total. The van der Waals surface area contributed by atoms with E-state index < -0.39 is 0 Å². The van der Waals surface area contributed by atoms with E-state index in [-0.39, 0.29) is 0 Å². The first kappa shape index (κ1) is 9.98. The molecule has 0 bridgehead atoms. The van der Waals surface area contributed by atoms with Crippen molar-refractivity contribution in [1.82, 2.24) is 0 Å². The molecule has 58 valence electrons. The van der Waals surface area contributed by atoms with Gasteiger partial charge in [-0.25, -0.2) is 0 Å². The Morgan fingerprint density at radius 3 is 2.70 bits per heavy atom. The Kier molecular flexibility index (Phi) is 5.73. The third kappa shape index (κ3) is 7.98. The van der Waals surface area contributed by atoms with Gasteiger partial charge in [-0.2, -0.15) is 11.8 Å². The summed E-state index contributed by atoms with van der Waals surface area (Å²) in [7, 11) is 0. The van der Waals surface area contributed by atoms with Crippen molar-refractivity contribution < 1.29 is 0 Å². The summed E-state index contributed by atoms with van der Waals surface area (Å²) in [5.41, 5.74) is 6.51. The van der Waals surface area contributed by atoms with E-state index in [1.807, 2.05) is 18.7 Å². The number of thioether (sulfide) groups is 1. The summed E-state index contributed by atoms with van der Waals surface area (Å²) in [5.74, 6) is 2.03. The molecule has 3 heteroatoms. The van der Waals surface area contributed by atoms with Gasteiger partial charge in [-0.1, -0.05) is 24.4 Å². The van der Waals surface area contributed by atoms with E-state index in [0.29, 0.717) is 4.99 Å². The van der Waals surface area contributed by atoms with Gasteiger partial charge in [-0.05, 0) is 12.7 Å². The van der Waals surface area contributed by atoms with E-state index in [2.05, 4.69) is 6.58 Å². The lowest BCUT2D eigenvalue weighted by Gasteiger charge is -1.98. The summed E-state index contributed by atoms with van der Waals surface area (Å²) in [6.07, 6.45) is 0.841. The highest BCUT2D eigenvalue weighted by atomic mass is 32.2. The number of nitrogens with two attached hydrogens (primary N) is 1. The largest absolute Gasteiger partial charge is 0.393 e. The van der Waals surface area contributed by atoms with Gasteiger partial charge in [0.1, 0.15) is 0 Å². The average molecular weight is 175 g/mol. The summed E-state index contributed by atoms with van der Waals surface area (Å²) in [6, 6.07) is 0. The Hall–Kier alpha value is -0.0200. The van der Waals surface area contributed by atoms with Gasteiger partial charge < -0.3 is 5.73 Å². The van der Waals surface area contributed by atoms with Gasteiger partial charge in [0.15, 0.2) is 0 Å². The minimum atomic E-state index is 0.606. The van der Waals surface area contributed by atoms with E-state index >= 15 is 0 Å². The minimum absolute atomic E-state index is 0.606. The quantitative estimate of drug-likeness (QED) is 0.393. The summed E-state index contributed by atoms with van der Waals surface area (Å²) in [6.45, 7) is 5.81. The third-order valence-corrected chi connectivity index (χ3v) is 2.24. The van der Waals surface area contributed by atoms with Crippen LogP contribution >= 0.6 is 24.0 Å². The fourth-order valence-electron chi connectivity index (χ4n) is 0.419. The second kappa shape index (κ2) is 5.74. The average Bonchev–Trinajstić information content (AvgIpc) is 1.79. The molecule has 0 radical (unpaired) electrons. The number of thiocarbonyl (C=S) groups is 1. The zero-order valence-corrected chi connectivity index (χ0v) is 7.86. The van der Waals surface area contributed by atoms with E-state index in [1.54, 1.807) is 0 Å². The summed E-state index contributed by atoms with van der Waals surface area (Å²) < 4.78 is 0. The van der Waals surface area contributed by atoms with Crippen LogP contribution in [0.3, 0.4) is 0 Å². The highest BCUT2D eigenvalue weighted by molar-refractivity contribution is 7.99. The molecule has 0 unspecified atom stereocenters. The predicted octanol–water partition coefficient (Wildman–Crippen LogP) is 1.97. The highest BCUT2D eigenvalue weighted by Gasteiger charge is 1.90. The van der Waals surface area contributed by atoms with Crippen LogP contribution in [0.2, 0.25) is 0 Å². The second-order valence-electron chi connectivity index (χ2n) is 2.23. The predicted molar refractivity (Wildman–Crippen MR) is 53.5 cm³/mol. The highest BCUT2D eigenvalue weighted by Crippen LogP contribution is 2.06. The van der Waals surface area contributed by atoms with Crippen LogP contribution in [-0.4, -0.2) is 16.5 Å². The zero-order valence-electron chi connectivity index (χ0n) is 6.22. The van der Waals surface area contributed by atoms with Crippen molar-refractivity contribution >= 4 is 29.0 Å². The van der Waals surface area contributed by atoms with Crippen LogP contribution < -0.4 is 5.73 Å². The fraction of sp³-hybridized carbons (Fsp3) is 0.571.